The molecular formula is C28H41N3O2. The van der Waals surface area contributed by atoms with Crippen molar-refractivity contribution in [1.29, 1.82) is 0 Å². The Morgan fingerprint density at radius 3 is 2.09 bits per heavy atom. The molecule has 180 valence electrons. The fraction of sp³-hybridized carbons (Fsp3) is 0.714. The zero-order chi connectivity index (χ0) is 23.2. The molecule has 1 aromatic carbocycles. The summed E-state index contributed by atoms with van der Waals surface area (Å²) >= 11 is 0. The normalized spacial score (nSPS) is 32.0. The molecular weight excluding hydrogens is 410 g/mol. The molecule has 4 bridgehead atoms. The third-order valence-corrected chi connectivity index (χ3v) is 8.91. The summed E-state index contributed by atoms with van der Waals surface area (Å²) < 4.78 is 0. The molecule has 33 heavy (non-hydrogen) atoms. The van der Waals surface area contributed by atoms with Crippen molar-refractivity contribution < 1.29 is 9.59 Å². The highest BCUT2D eigenvalue weighted by molar-refractivity contribution is 5.94. The minimum Gasteiger partial charge on any atom is -0.352 e. The molecule has 5 aliphatic rings. The quantitative estimate of drug-likeness (QED) is 0.735. The monoisotopic (exact) mass is 451 g/mol. The van der Waals surface area contributed by atoms with E-state index in [0.717, 1.165) is 80.7 Å². The van der Waals surface area contributed by atoms with Crippen LogP contribution in [0.4, 0.5) is 0 Å². The average Bonchev–Trinajstić information content (AvgIpc) is 3.03. The first-order valence-corrected chi connectivity index (χ1v) is 13.1. The largest absolute Gasteiger partial charge is 0.352 e. The summed E-state index contributed by atoms with van der Waals surface area (Å²) in [7, 11) is 0. The lowest BCUT2D eigenvalue weighted by atomic mass is 9.49. The van der Waals surface area contributed by atoms with Crippen LogP contribution in [-0.4, -0.2) is 53.3 Å². The SMILES string of the molecule is CC(C)(C)N1CCCN(C(=O)c2ccc(CNC(=O)C34CC5CC(CC(C5)C3)C4)cc2)CC1. The standard InChI is InChI=1S/C28H41N3O2/c1-27(2,3)31-10-4-9-30(11-12-31)25(32)24-7-5-20(6-8-24)19-29-26(33)28-16-21-13-22(17-28)15-23(14-21)18-28/h5-8,21-23H,4,9-19H2,1-3H3,(H,29,33). The Bertz CT molecular complexity index is 850. The lowest BCUT2D eigenvalue weighted by Crippen LogP contribution is -2.53. The summed E-state index contributed by atoms with van der Waals surface area (Å²) in [5.74, 6) is 2.73. The van der Waals surface area contributed by atoms with Crippen LogP contribution in [0.5, 0.6) is 0 Å². The van der Waals surface area contributed by atoms with Gasteiger partial charge in [0.1, 0.15) is 0 Å². The molecule has 4 saturated carbocycles. The van der Waals surface area contributed by atoms with Crippen LogP contribution in [0.25, 0.3) is 0 Å². The molecule has 5 heteroatoms. The van der Waals surface area contributed by atoms with Gasteiger partial charge in [0, 0.05) is 49.2 Å². The minimum atomic E-state index is -0.0988. The van der Waals surface area contributed by atoms with Crippen molar-refractivity contribution in [2.75, 3.05) is 26.2 Å². The molecule has 5 fully saturated rings. The molecule has 5 nitrogen and oxygen atoms in total. The van der Waals surface area contributed by atoms with Crippen LogP contribution in [0.15, 0.2) is 24.3 Å². The molecule has 4 aliphatic carbocycles. The van der Waals surface area contributed by atoms with E-state index in [1.54, 1.807) is 0 Å². The molecule has 2 amide bonds. The second kappa shape index (κ2) is 8.72. The Labute approximate surface area is 199 Å². The number of nitrogens with zero attached hydrogens (tertiary/aromatic N) is 2. The fourth-order valence-corrected chi connectivity index (χ4v) is 7.50. The smallest absolute Gasteiger partial charge is 0.253 e. The number of carbonyl (C=O) groups is 2. The molecule has 0 aromatic heterocycles. The van der Waals surface area contributed by atoms with E-state index in [9.17, 15) is 9.59 Å². The molecule has 0 radical (unpaired) electrons. The van der Waals surface area contributed by atoms with Crippen molar-refractivity contribution in [3.8, 4) is 0 Å². The topological polar surface area (TPSA) is 52.6 Å². The van der Waals surface area contributed by atoms with E-state index >= 15 is 0 Å². The molecule has 0 atom stereocenters. The number of carbonyl (C=O) groups excluding carboxylic acids is 2. The van der Waals surface area contributed by atoms with Gasteiger partial charge in [-0.2, -0.15) is 0 Å². The van der Waals surface area contributed by atoms with Gasteiger partial charge in [0.2, 0.25) is 5.91 Å². The molecule has 0 spiro atoms. The molecule has 1 aliphatic heterocycles. The number of hydrogen-bond donors (Lipinski definition) is 1. The van der Waals surface area contributed by atoms with E-state index in [1.165, 1.54) is 19.3 Å². The van der Waals surface area contributed by atoms with Crippen molar-refractivity contribution in [2.24, 2.45) is 23.2 Å². The molecule has 6 rings (SSSR count). The lowest BCUT2D eigenvalue weighted by molar-refractivity contribution is -0.146. The fourth-order valence-electron chi connectivity index (χ4n) is 7.50. The second-order valence-electron chi connectivity index (χ2n) is 12.4. The summed E-state index contributed by atoms with van der Waals surface area (Å²) in [4.78, 5) is 30.8. The predicted octanol–water partition coefficient (Wildman–Crippen LogP) is 4.47. The van der Waals surface area contributed by atoms with Crippen molar-refractivity contribution in [3.63, 3.8) is 0 Å². The maximum Gasteiger partial charge on any atom is 0.253 e. The highest BCUT2D eigenvalue weighted by Crippen LogP contribution is 2.60. The zero-order valence-electron chi connectivity index (χ0n) is 20.7. The highest BCUT2D eigenvalue weighted by atomic mass is 16.2. The van der Waals surface area contributed by atoms with Gasteiger partial charge in [-0.1, -0.05) is 12.1 Å². The van der Waals surface area contributed by atoms with Crippen LogP contribution in [0.1, 0.15) is 81.6 Å². The second-order valence-corrected chi connectivity index (χ2v) is 12.4. The van der Waals surface area contributed by atoms with Crippen molar-refractivity contribution in [2.45, 2.75) is 77.8 Å². The Balaban J connectivity index is 1.16. The van der Waals surface area contributed by atoms with Gasteiger partial charge in [0.05, 0.1) is 0 Å². The number of benzene rings is 1. The van der Waals surface area contributed by atoms with Gasteiger partial charge in [0.25, 0.3) is 5.91 Å². The van der Waals surface area contributed by atoms with E-state index in [2.05, 4.69) is 31.0 Å². The Morgan fingerprint density at radius 2 is 1.52 bits per heavy atom. The summed E-state index contributed by atoms with van der Waals surface area (Å²) in [5.41, 5.74) is 1.86. The minimum absolute atomic E-state index is 0.0988. The highest BCUT2D eigenvalue weighted by Gasteiger charge is 2.54. The average molecular weight is 452 g/mol. The van der Waals surface area contributed by atoms with Gasteiger partial charge in [0.15, 0.2) is 0 Å². The van der Waals surface area contributed by atoms with E-state index in [0.29, 0.717) is 6.54 Å². The van der Waals surface area contributed by atoms with Crippen molar-refractivity contribution in [1.82, 2.24) is 15.1 Å². The maximum atomic E-state index is 13.2. The van der Waals surface area contributed by atoms with Gasteiger partial charge in [-0.15, -0.1) is 0 Å². The van der Waals surface area contributed by atoms with E-state index in [1.807, 2.05) is 29.2 Å². The number of hydrogen-bond acceptors (Lipinski definition) is 3. The van der Waals surface area contributed by atoms with Crippen LogP contribution >= 0.6 is 0 Å². The third-order valence-electron chi connectivity index (χ3n) is 8.91. The van der Waals surface area contributed by atoms with Crippen LogP contribution < -0.4 is 5.32 Å². The van der Waals surface area contributed by atoms with Gasteiger partial charge in [-0.05, 0) is 101 Å². The van der Waals surface area contributed by atoms with Crippen LogP contribution in [-0.2, 0) is 11.3 Å². The molecule has 0 unspecified atom stereocenters. The zero-order valence-corrected chi connectivity index (χ0v) is 20.7. The Morgan fingerprint density at radius 1 is 0.909 bits per heavy atom. The van der Waals surface area contributed by atoms with Crippen molar-refractivity contribution >= 4 is 11.8 Å². The van der Waals surface area contributed by atoms with Crippen LogP contribution in [0.2, 0.25) is 0 Å². The molecule has 1 aromatic rings. The maximum absolute atomic E-state index is 13.2. The molecule has 1 heterocycles. The summed E-state index contributed by atoms with van der Waals surface area (Å²) in [6.45, 7) is 10.8. The van der Waals surface area contributed by atoms with E-state index in [-0.39, 0.29) is 22.8 Å². The predicted molar refractivity (Wildman–Crippen MR) is 131 cm³/mol. The third kappa shape index (κ3) is 4.71. The Hall–Kier alpha value is -1.88. The first-order chi connectivity index (χ1) is 15.7. The first-order valence-electron chi connectivity index (χ1n) is 13.1. The number of amides is 2. The van der Waals surface area contributed by atoms with E-state index in [4.69, 9.17) is 0 Å². The summed E-state index contributed by atoms with van der Waals surface area (Å²) in [6, 6.07) is 7.88. The van der Waals surface area contributed by atoms with Gasteiger partial charge in [-0.3, -0.25) is 14.5 Å². The lowest BCUT2D eigenvalue weighted by Gasteiger charge is -2.55. The Kier molecular flexibility index (Phi) is 6.05. The van der Waals surface area contributed by atoms with Gasteiger partial charge in [-0.25, -0.2) is 0 Å². The van der Waals surface area contributed by atoms with Gasteiger partial charge < -0.3 is 10.2 Å². The first kappa shape index (κ1) is 22.9. The summed E-state index contributed by atoms with van der Waals surface area (Å²) in [5, 5.41) is 3.26. The number of rotatable bonds is 4. The van der Waals surface area contributed by atoms with Crippen molar-refractivity contribution in [3.05, 3.63) is 35.4 Å². The number of nitrogens with one attached hydrogen (secondary N) is 1. The van der Waals surface area contributed by atoms with E-state index < -0.39 is 0 Å². The van der Waals surface area contributed by atoms with Crippen LogP contribution in [0, 0.1) is 23.2 Å². The van der Waals surface area contributed by atoms with Gasteiger partial charge >= 0.3 is 0 Å². The van der Waals surface area contributed by atoms with Crippen LogP contribution in [0.3, 0.4) is 0 Å². The summed E-state index contributed by atoms with van der Waals surface area (Å²) in [6.07, 6.45) is 8.37. The molecule has 1 N–H and O–H groups in total. The molecule has 1 saturated heterocycles.